The summed E-state index contributed by atoms with van der Waals surface area (Å²) in [6.07, 6.45) is -7.38. The Balaban J connectivity index is 2.52. The second-order valence-electron chi connectivity index (χ2n) is 3.25. The van der Waals surface area contributed by atoms with Crippen molar-refractivity contribution in [2.24, 2.45) is 0 Å². The molecule has 2 aromatic rings. The van der Waals surface area contributed by atoms with E-state index in [0.717, 1.165) is 6.07 Å². The van der Waals surface area contributed by atoms with Gasteiger partial charge in [-0.05, 0) is 12.1 Å². The number of furan rings is 1. The molecular weight excluding hydrogens is 245 g/mol. The average molecular weight is 251 g/mol. The zero-order chi connectivity index (χ0) is 11.9. The summed E-state index contributed by atoms with van der Waals surface area (Å²) in [5, 5.41) is 9.62. The molecule has 0 fully saturated rings. The summed E-state index contributed by atoms with van der Waals surface area (Å²) in [6, 6.07) is 5.76. The summed E-state index contributed by atoms with van der Waals surface area (Å²) in [4.78, 5) is 0. The maximum absolute atomic E-state index is 12.2. The van der Waals surface area contributed by atoms with Crippen molar-refractivity contribution >= 4 is 22.6 Å². The maximum atomic E-state index is 12.2. The molecule has 1 aromatic carbocycles. The van der Waals surface area contributed by atoms with Crippen LogP contribution in [0.1, 0.15) is 11.9 Å². The number of rotatable bonds is 1. The van der Waals surface area contributed by atoms with Crippen LogP contribution in [-0.4, -0.2) is 11.3 Å². The first-order chi connectivity index (χ1) is 7.39. The lowest BCUT2D eigenvalue weighted by molar-refractivity contribution is -0.211. The van der Waals surface area contributed by atoms with Gasteiger partial charge in [0.15, 0.2) is 5.58 Å². The molecule has 6 heteroatoms. The Kier molecular flexibility index (Phi) is 2.59. The van der Waals surface area contributed by atoms with E-state index >= 15 is 0 Å². The molecule has 1 N–H and O–H groups in total. The number of halogens is 4. The predicted octanol–water partition coefficient (Wildman–Crippen LogP) is 3.68. The van der Waals surface area contributed by atoms with Gasteiger partial charge < -0.3 is 9.52 Å². The number of hydrogen-bond acceptors (Lipinski definition) is 2. The van der Waals surface area contributed by atoms with E-state index in [1.165, 1.54) is 6.07 Å². The number of aliphatic hydroxyl groups is 1. The fourth-order valence-corrected chi connectivity index (χ4v) is 1.56. The SMILES string of the molecule is O[C@H](c1cc2cccc(Cl)c2o1)C(F)(F)F. The minimum Gasteiger partial charge on any atom is -0.456 e. The van der Waals surface area contributed by atoms with Crippen molar-refractivity contribution in [1.29, 1.82) is 0 Å². The molecule has 0 aliphatic carbocycles. The number of fused-ring (bicyclic) bond motifs is 1. The van der Waals surface area contributed by atoms with Crippen LogP contribution < -0.4 is 0 Å². The summed E-state index contributed by atoms with van der Waals surface area (Å²) in [5.41, 5.74) is 0.141. The highest BCUT2D eigenvalue weighted by Gasteiger charge is 2.41. The number of hydrogen-bond donors (Lipinski definition) is 1. The van der Waals surface area contributed by atoms with Crippen molar-refractivity contribution in [1.82, 2.24) is 0 Å². The Morgan fingerprint density at radius 1 is 1.31 bits per heavy atom. The van der Waals surface area contributed by atoms with E-state index in [4.69, 9.17) is 21.1 Å². The molecule has 1 heterocycles. The van der Waals surface area contributed by atoms with Crippen molar-refractivity contribution in [2.45, 2.75) is 12.3 Å². The molecule has 0 unspecified atom stereocenters. The molecule has 0 saturated carbocycles. The van der Waals surface area contributed by atoms with Crippen LogP contribution in [0, 0.1) is 0 Å². The van der Waals surface area contributed by atoms with Gasteiger partial charge in [-0.25, -0.2) is 0 Å². The van der Waals surface area contributed by atoms with E-state index < -0.39 is 18.0 Å². The third-order valence-corrected chi connectivity index (χ3v) is 2.39. The maximum Gasteiger partial charge on any atom is 0.421 e. The molecule has 2 rings (SSSR count). The molecule has 0 aliphatic heterocycles. The second-order valence-corrected chi connectivity index (χ2v) is 3.66. The van der Waals surface area contributed by atoms with E-state index in [-0.39, 0.29) is 10.6 Å². The van der Waals surface area contributed by atoms with Crippen LogP contribution in [-0.2, 0) is 0 Å². The van der Waals surface area contributed by atoms with Gasteiger partial charge in [0.05, 0.1) is 5.02 Å². The minimum atomic E-state index is -4.75. The first kappa shape index (κ1) is 11.3. The number of para-hydroxylation sites is 1. The quantitative estimate of drug-likeness (QED) is 0.837. The van der Waals surface area contributed by atoms with Gasteiger partial charge in [-0.2, -0.15) is 13.2 Å². The van der Waals surface area contributed by atoms with Gasteiger partial charge in [0.1, 0.15) is 5.76 Å². The summed E-state index contributed by atoms with van der Waals surface area (Å²) >= 11 is 5.73. The summed E-state index contributed by atoms with van der Waals surface area (Å²) in [6.45, 7) is 0. The van der Waals surface area contributed by atoms with Crippen molar-refractivity contribution in [3.63, 3.8) is 0 Å². The van der Waals surface area contributed by atoms with Crippen molar-refractivity contribution in [3.8, 4) is 0 Å². The monoisotopic (exact) mass is 250 g/mol. The molecule has 0 spiro atoms. The lowest BCUT2D eigenvalue weighted by atomic mass is 10.2. The first-order valence-electron chi connectivity index (χ1n) is 4.32. The van der Waals surface area contributed by atoms with Gasteiger partial charge in [0.2, 0.25) is 6.10 Å². The largest absolute Gasteiger partial charge is 0.456 e. The van der Waals surface area contributed by atoms with Gasteiger partial charge in [-0.1, -0.05) is 23.7 Å². The normalized spacial score (nSPS) is 14.3. The Labute approximate surface area is 93.2 Å². The van der Waals surface area contributed by atoms with Crippen LogP contribution in [0.25, 0.3) is 11.0 Å². The van der Waals surface area contributed by atoms with Gasteiger partial charge in [0, 0.05) is 5.39 Å². The molecule has 0 bridgehead atoms. The lowest BCUT2D eigenvalue weighted by Gasteiger charge is -2.10. The van der Waals surface area contributed by atoms with Gasteiger partial charge in [-0.3, -0.25) is 0 Å². The van der Waals surface area contributed by atoms with Crippen LogP contribution in [0.15, 0.2) is 28.7 Å². The Morgan fingerprint density at radius 3 is 2.56 bits per heavy atom. The van der Waals surface area contributed by atoms with Crippen molar-refractivity contribution in [2.75, 3.05) is 0 Å². The van der Waals surface area contributed by atoms with E-state index in [0.29, 0.717) is 5.39 Å². The number of benzene rings is 1. The number of aliphatic hydroxyl groups excluding tert-OH is 1. The van der Waals surface area contributed by atoms with Crippen molar-refractivity contribution < 1.29 is 22.7 Å². The standard InChI is InChI=1S/C10H6ClF3O2/c11-6-3-1-2-5-4-7(16-8(5)6)9(15)10(12,13)14/h1-4,9,15H/t9-/m1/s1. The van der Waals surface area contributed by atoms with E-state index in [1.807, 2.05) is 0 Å². The highest BCUT2D eigenvalue weighted by Crippen LogP contribution is 2.36. The summed E-state index contributed by atoms with van der Waals surface area (Å²) in [7, 11) is 0. The van der Waals surface area contributed by atoms with E-state index in [1.54, 1.807) is 12.1 Å². The highest BCUT2D eigenvalue weighted by molar-refractivity contribution is 6.34. The molecule has 16 heavy (non-hydrogen) atoms. The third kappa shape index (κ3) is 1.88. The van der Waals surface area contributed by atoms with Crippen molar-refractivity contribution in [3.05, 3.63) is 35.0 Å². The molecular formula is C10H6ClF3O2. The molecule has 0 radical (unpaired) electrons. The third-order valence-electron chi connectivity index (χ3n) is 2.09. The highest BCUT2D eigenvalue weighted by atomic mass is 35.5. The summed E-state index contributed by atoms with van der Waals surface area (Å²) in [5.74, 6) is -0.560. The summed E-state index contributed by atoms with van der Waals surface area (Å²) < 4.78 is 41.5. The molecule has 86 valence electrons. The Morgan fingerprint density at radius 2 is 2.00 bits per heavy atom. The van der Waals surface area contributed by atoms with Crippen LogP contribution in [0.4, 0.5) is 13.2 Å². The lowest BCUT2D eigenvalue weighted by Crippen LogP contribution is -2.19. The fourth-order valence-electron chi connectivity index (χ4n) is 1.34. The molecule has 0 saturated heterocycles. The topological polar surface area (TPSA) is 33.4 Å². The zero-order valence-corrected chi connectivity index (χ0v) is 8.51. The van der Waals surface area contributed by atoms with E-state index in [2.05, 4.69) is 0 Å². The van der Waals surface area contributed by atoms with Crippen LogP contribution in [0.5, 0.6) is 0 Å². The first-order valence-corrected chi connectivity index (χ1v) is 4.70. The van der Waals surface area contributed by atoms with Gasteiger partial charge >= 0.3 is 6.18 Å². The second kappa shape index (κ2) is 3.68. The zero-order valence-electron chi connectivity index (χ0n) is 7.75. The molecule has 0 aliphatic rings. The van der Waals surface area contributed by atoms with Crippen LogP contribution in [0.2, 0.25) is 5.02 Å². The number of alkyl halides is 3. The predicted molar refractivity (Wildman–Crippen MR) is 52.2 cm³/mol. The molecule has 2 nitrogen and oxygen atoms in total. The van der Waals surface area contributed by atoms with Gasteiger partial charge in [0.25, 0.3) is 0 Å². The van der Waals surface area contributed by atoms with E-state index in [9.17, 15) is 13.2 Å². The minimum absolute atomic E-state index is 0.141. The van der Waals surface area contributed by atoms with Gasteiger partial charge in [-0.15, -0.1) is 0 Å². The Bertz CT molecular complexity index is 518. The fraction of sp³-hybridized carbons (Fsp3) is 0.200. The van der Waals surface area contributed by atoms with Crippen LogP contribution in [0.3, 0.4) is 0 Å². The molecule has 0 amide bonds. The Hall–Kier alpha value is -1.20. The molecule has 1 aromatic heterocycles. The smallest absolute Gasteiger partial charge is 0.421 e. The average Bonchev–Trinajstić information content (AvgIpc) is 2.60. The molecule has 1 atom stereocenters. The van der Waals surface area contributed by atoms with Crippen LogP contribution >= 0.6 is 11.6 Å².